The summed E-state index contributed by atoms with van der Waals surface area (Å²) in [5.41, 5.74) is 6.30. The van der Waals surface area contributed by atoms with Gasteiger partial charge in [0.05, 0.1) is 5.02 Å². The van der Waals surface area contributed by atoms with Gasteiger partial charge in [-0.15, -0.1) is 0 Å². The summed E-state index contributed by atoms with van der Waals surface area (Å²) in [4.78, 5) is 0. The monoisotopic (exact) mass is 279 g/mol. The van der Waals surface area contributed by atoms with Crippen LogP contribution in [0.5, 0.6) is 5.75 Å². The fraction of sp³-hybridized carbons (Fsp3) is 0.333. The third-order valence-corrected chi connectivity index (χ3v) is 2.92. The largest absolute Gasteiger partial charge is 0.506 e. The van der Waals surface area contributed by atoms with Gasteiger partial charge in [0.1, 0.15) is 5.75 Å². The van der Waals surface area contributed by atoms with Gasteiger partial charge in [0.15, 0.2) is 0 Å². The molecule has 78 valence electrons. The predicted molar refractivity (Wildman–Crippen MR) is 59.4 cm³/mol. The molecule has 0 spiro atoms. The SMILES string of the molecule is N[C@@H](CCO)c1c(Br)ccc(Cl)c1O. The van der Waals surface area contributed by atoms with Crippen molar-refractivity contribution in [2.75, 3.05) is 6.61 Å². The van der Waals surface area contributed by atoms with Gasteiger partial charge < -0.3 is 15.9 Å². The Bertz CT molecular complexity index is 333. The number of aliphatic hydroxyl groups is 1. The van der Waals surface area contributed by atoms with Crippen molar-refractivity contribution in [3.63, 3.8) is 0 Å². The fourth-order valence-corrected chi connectivity index (χ4v) is 1.97. The molecule has 0 heterocycles. The molecule has 1 rings (SSSR count). The molecule has 1 aromatic rings. The second kappa shape index (κ2) is 4.98. The van der Waals surface area contributed by atoms with E-state index in [-0.39, 0.29) is 17.4 Å². The lowest BCUT2D eigenvalue weighted by Crippen LogP contribution is -2.12. The van der Waals surface area contributed by atoms with E-state index in [1.54, 1.807) is 12.1 Å². The number of phenols is 1. The van der Waals surface area contributed by atoms with Crippen LogP contribution in [-0.4, -0.2) is 16.8 Å². The first-order valence-corrected chi connectivity index (χ1v) is 5.28. The molecule has 0 fully saturated rings. The van der Waals surface area contributed by atoms with Gasteiger partial charge in [-0.3, -0.25) is 0 Å². The predicted octanol–water partition coefficient (Wildman–Crippen LogP) is 2.19. The molecule has 5 heteroatoms. The average molecular weight is 281 g/mol. The third-order valence-electron chi connectivity index (χ3n) is 1.93. The van der Waals surface area contributed by atoms with Crippen LogP contribution in [0.2, 0.25) is 5.02 Å². The van der Waals surface area contributed by atoms with Crippen LogP contribution in [0, 0.1) is 0 Å². The number of rotatable bonds is 3. The van der Waals surface area contributed by atoms with Gasteiger partial charge in [-0.25, -0.2) is 0 Å². The van der Waals surface area contributed by atoms with Crippen LogP contribution < -0.4 is 5.73 Å². The van der Waals surface area contributed by atoms with Gasteiger partial charge in [-0.05, 0) is 18.6 Å². The second-order valence-electron chi connectivity index (χ2n) is 2.91. The van der Waals surface area contributed by atoms with Crippen molar-refractivity contribution in [1.82, 2.24) is 0 Å². The maximum atomic E-state index is 9.65. The molecule has 1 atom stereocenters. The van der Waals surface area contributed by atoms with Crippen LogP contribution in [0.3, 0.4) is 0 Å². The van der Waals surface area contributed by atoms with Crippen molar-refractivity contribution in [1.29, 1.82) is 0 Å². The lowest BCUT2D eigenvalue weighted by molar-refractivity contribution is 0.275. The number of benzene rings is 1. The standard InChI is InChI=1S/C9H11BrClNO2/c10-5-1-2-6(11)9(14)8(5)7(12)3-4-13/h1-2,7,13-14H,3-4,12H2/t7-/m0/s1. The van der Waals surface area contributed by atoms with Crippen molar-refractivity contribution >= 4 is 27.5 Å². The van der Waals surface area contributed by atoms with Gasteiger partial charge in [0, 0.05) is 22.7 Å². The summed E-state index contributed by atoms with van der Waals surface area (Å²) in [6, 6.07) is 2.87. The van der Waals surface area contributed by atoms with Gasteiger partial charge in [0.25, 0.3) is 0 Å². The van der Waals surface area contributed by atoms with E-state index in [0.717, 1.165) is 0 Å². The maximum Gasteiger partial charge on any atom is 0.140 e. The highest BCUT2D eigenvalue weighted by molar-refractivity contribution is 9.10. The molecule has 0 aliphatic carbocycles. The molecule has 0 saturated carbocycles. The Balaban J connectivity index is 3.11. The maximum absolute atomic E-state index is 9.65. The Morgan fingerprint density at radius 2 is 2.14 bits per heavy atom. The summed E-state index contributed by atoms with van der Waals surface area (Å²) >= 11 is 9.01. The number of nitrogens with two attached hydrogens (primary N) is 1. The van der Waals surface area contributed by atoms with E-state index in [4.69, 9.17) is 22.4 Å². The van der Waals surface area contributed by atoms with E-state index < -0.39 is 6.04 Å². The first-order chi connectivity index (χ1) is 6.57. The molecule has 0 saturated heterocycles. The van der Waals surface area contributed by atoms with Crippen molar-refractivity contribution in [2.24, 2.45) is 5.73 Å². The Morgan fingerprint density at radius 3 is 2.71 bits per heavy atom. The van der Waals surface area contributed by atoms with E-state index in [2.05, 4.69) is 15.9 Å². The van der Waals surface area contributed by atoms with Crippen LogP contribution in [0.25, 0.3) is 0 Å². The molecule has 3 nitrogen and oxygen atoms in total. The molecule has 14 heavy (non-hydrogen) atoms. The summed E-state index contributed by atoms with van der Waals surface area (Å²) in [6.07, 6.45) is 0.381. The lowest BCUT2D eigenvalue weighted by atomic mass is 10.0. The zero-order valence-electron chi connectivity index (χ0n) is 7.37. The van der Waals surface area contributed by atoms with Gasteiger partial charge in [0.2, 0.25) is 0 Å². The number of aromatic hydroxyl groups is 1. The number of aliphatic hydroxyl groups excluding tert-OH is 1. The quantitative estimate of drug-likeness (QED) is 0.795. The molecule has 0 unspecified atom stereocenters. The third kappa shape index (κ3) is 2.39. The van der Waals surface area contributed by atoms with E-state index in [0.29, 0.717) is 16.5 Å². The van der Waals surface area contributed by atoms with Crippen LogP contribution in [0.4, 0.5) is 0 Å². The van der Waals surface area contributed by atoms with Crippen molar-refractivity contribution in [3.05, 3.63) is 27.2 Å². The van der Waals surface area contributed by atoms with E-state index >= 15 is 0 Å². The smallest absolute Gasteiger partial charge is 0.140 e. The minimum Gasteiger partial charge on any atom is -0.506 e. The van der Waals surface area contributed by atoms with Crippen molar-refractivity contribution in [3.8, 4) is 5.75 Å². The van der Waals surface area contributed by atoms with Gasteiger partial charge in [-0.2, -0.15) is 0 Å². The summed E-state index contributed by atoms with van der Waals surface area (Å²) in [5, 5.41) is 18.7. The van der Waals surface area contributed by atoms with Crippen LogP contribution in [0.1, 0.15) is 18.0 Å². The van der Waals surface area contributed by atoms with E-state index in [9.17, 15) is 5.11 Å². The molecule has 0 bridgehead atoms. The molecule has 1 aromatic carbocycles. The summed E-state index contributed by atoms with van der Waals surface area (Å²) < 4.78 is 0.695. The van der Waals surface area contributed by atoms with Crippen LogP contribution in [-0.2, 0) is 0 Å². The molecule has 0 aliphatic heterocycles. The minimum absolute atomic E-state index is 0.0259. The van der Waals surface area contributed by atoms with E-state index in [1.807, 2.05) is 0 Å². The summed E-state index contributed by atoms with van der Waals surface area (Å²) in [5.74, 6) is -0.0259. The Morgan fingerprint density at radius 1 is 1.50 bits per heavy atom. The highest BCUT2D eigenvalue weighted by Gasteiger charge is 2.16. The molecule has 0 radical (unpaired) electrons. The summed E-state index contributed by atoms with van der Waals surface area (Å²) in [6.45, 7) is -0.0282. The molecule has 0 aliphatic rings. The number of hydrogen-bond donors (Lipinski definition) is 3. The topological polar surface area (TPSA) is 66.5 Å². The Kier molecular flexibility index (Phi) is 4.19. The van der Waals surface area contributed by atoms with Crippen molar-refractivity contribution < 1.29 is 10.2 Å². The highest BCUT2D eigenvalue weighted by Crippen LogP contribution is 2.37. The molecular formula is C9H11BrClNO2. The normalized spacial score (nSPS) is 12.9. The fourth-order valence-electron chi connectivity index (χ4n) is 1.19. The van der Waals surface area contributed by atoms with Gasteiger partial charge >= 0.3 is 0 Å². The van der Waals surface area contributed by atoms with Gasteiger partial charge in [-0.1, -0.05) is 27.5 Å². The van der Waals surface area contributed by atoms with E-state index in [1.165, 1.54) is 0 Å². The lowest BCUT2D eigenvalue weighted by Gasteiger charge is -2.15. The zero-order valence-corrected chi connectivity index (χ0v) is 9.72. The molecule has 0 amide bonds. The first kappa shape index (κ1) is 11.8. The molecule has 0 aromatic heterocycles. The number of phenolic OH excluding ortho intramolecular Hbond substituents is 1. The Hall–Kier alpha value is -0.290. The zero-order chi connectivity index (χ0) is 10.7. The first-order valence-electron chi connectivity index (χ1n) is 4.11. The number of hydrogen-bond acceptors (Lipinski definition) is 3. The number of halogens is 2. The van der Waals surface area contributed by atoms with Crippen LogP contribution >= 0.6 is 27.5 Å². The highest BCUT2D eigenvalue weighted by atomic mass is 79.9. The van der Waals surface area contributed by atoms with Crippen LogP contribution in [0.15, 0.2) is 16.6 Å². The molecule has 4 N–H and O–H groups in total. The second-order valence-corrected chi connectivity index (χ2v) is 4.17. The summed E-state index contributed by atoms with van der Waals surface area (Å²) in [7, 11) is 0. The molecular weight excluding hydrogens is 269 g/mol. The minimum atomic E-state index is -0.423. The Labute approximate surface area is 95.6 Å². The average Bonchev–Trinajstić information content (AvgIpc) is 2.13. The van der Waals surface area contributed by atoms with Crippen molar-refractivity contribution in [2.45, 2.75) is 12.5 Å².